The van der Waals surface area contributed by atoms with Gasteiger partial charge in [-0.3, -0.25) is 4.79 Å². The van der Waals surface area contributed by atoms with Gasteiger partial charge < -0.3 is 9.15 Å². The third-order valence-electron chi connectivity index (χ3n) is 3.89. The van der Waals surface area contributed by atoms with E-state index in [0.717, 1.165) is 17.7 Å². The van der Waals surface area contributed by atoms with Gasteiger partial charge in [-0.05, 0) is 30.7 Å². The molecule has 0 aliphatic rings. The maximum Gasteiger partial charge on any atom is 0.416 e. The highest BCUT2D eigenvalue weighted by molar-refractivity contribution is 5.72. The first-order chi connectivity index (χ1) is 12.8. The number of ether oxygens (including phenoxy) is 1. The normalized spacial score (nSPS) is 11.4. The summed E-state index contributed by atoms with van der Waals surface area (Å²) < 4.78 is 48.9. The van der Waals surface area contributed by atoms with Crippen LogP contribution in [-0.4, -0.2) is 11.0 Å². The molecule has 0 bridgehead atoms. The lowest BCUT2D eigenvalue weighted by Gasteiger charge is -2.08. The van der Waals surface area contributed by atoms with E-state index in [4.69, 9.17) is 9.15 Å². The van der Waals surface area contributed by atoms with Crippen LogP contribution < -0.4 is 0 Å². The molecule has 4 nitrogen and oxygen atoms in total. The van der Waals surface area contributed by atoms with Gasteiger partial charge in [-0.25, -0.2) is 4.98 Å². The Hall–Kier alpha value is -3.09. The number of hydrogen-bond donors (Lipinski definition) is 0. The van der Waals surface area contributed by atoms with Crippen molar-refractivity contribution in [3.63, 3.8) is 0 Å². The van der Waals surface area contributed by atoms with Gasteiger partial charge in [0.15, 0.2) is 0 Å². The number of benzene rings is 2. The summed E-state index contributed by atoms with van der Waals surface area (Å²) in [5, 5.41) is 0. The van der Waals surface area contributed by atoms with E-state index in [2.05, 4.69) is 4.98 Å². The largest absolute Gasteiger partial charge is 0.459 e. The number of aryl methyl sites for hydroxylation is 1. The Kier molecular flexibility index (Phi) is 5.30. The molecule has 2 aromatic carbocycles. The fourth-order valence-corrected chi connectivity index (χ4v) is 2.49. The minimum atomic E-state index is -4.45. The molecule has 0 atom stereocenters. The Morgan fingerprint density at radius 1 is 1.11 bits per heavy atom. The highest BCUT2D eigenvalue weighted by Crippen LogP contribution is 2.29. The summed E-state index contributed by atoms with van der Waals surface area (Å²) in [4.78, 5) is 16.3. The fraction of sp³-hybridized carbons (Fsp3) is 0.200. The summed E-state index contributed by atoms with van der Waals surface area (Å²) in [6.45, 7) is 1.59. The van der Waals surface area contributed by atoms with Gasteiger partial charge in [-0.2, -0.15) is 13.2 Å². The Bertz CT molecular complexity index is 933. The number of carbonyl (C=O) groups is 1. The van der Waals surface area contributed by atoms with Crippen LogP contribution in [0.2, 0.25) is 0 Å². The van der Waals surface area contributed by atoms with Crippen LogP contribution in [-0.2, 0) is 28.7 Å². The number of rotatable bonds is 5. The molecule has 0 aliphatic carbocycles. The summed E-state index contributed by atoms with van der Waals surface area (Å²) in [5.74, 6) is 0.288. The molecular weight excluding hydrogens is 359 g/mol. The van der Waals surface area contributed by atoms with Gasteiger partial charge in [0.1, 0.15) is 18.1 Å². The molecule has 7 heteroatoms. The van der Waals surface area contributed by atoms with Gasteiger partial charge >= 0.3 is 12.1 Å². The molecule has 0 fully saturated rings. The van der Waals surface area contributed by atoms with Gasteiger partial charge in [0.25, 0.3) is 0 Å². The van der Waals surface area contributed by atoms with Crippen molar-refractivity contribution in [2.24, 2.45) is 0 Å². The van der Waals surface area contributed by atoms with E-state index in [-0.39, 0.29) is 18.6 Å². The maximum absolute atomic E-state index is 12.7. The molecule has 0 radical (unpaired) electrons. The molecular formula is C20H16F3NO3. The zero-order valence-electron chi connectivity index (χ0n) is 14.4. The van der Waals surface area contributed by atoms with Gasteiger partial charge in [0, 0.05) is 5.56 Å². The lowest BCUT2D eigenvalue weighted by atomic mass is 10.1. The molecule has 1 aromatic heterocycles. The number of aromatic nitrogens is 1. The van der Waals surface area contributed by atoms with E-state index in [1.165, 1.54) is 12.1 Å². The predicted molar refractivity (Wildman–Crippen MR) is 91.6 cm³/mol. The summed E-state index contributed by atoms with van der Waals surface area (Å²) in [6.07, 6.45) is -4.71. The third kappa shape index (κ3) is 4.75. The molecule has 0 spiro atoms. The van der Waals surface area contributed by atoms with Crippen LogP contribution >= 0.6 is 0 Å². The standard InChI is InChI=1S/C20H16F3NO3/c1-13-17(24-19(27-13)15-7-3-2-4-8-15)12-26-18(25)11-14-6-5-9-16(10-14)20(21,22)23/h2-10H,11-12H2,1H3. The number of alkyl halides is 3. The Labute approximate surface area is 153 Å². The summed E-state index contributed by atoms with van der Waals surface area (Å²) >= 11 is 0. The topological polar surface area (TPSA) is 52.3 Å². The smallest absolute Gasteiger partial charge is 0.416 e. The molecule has 0 aliphatic heterocycles. The maximum atomic E-state index is 12.7. The number of carbonyl (C=O) groups excluding carboxylic acids is 1. The van der Waals surface area contributed by atoms with Crippen molar-refractivity contribution >= 4 is 5.97 Å². The van der Waals surface area contributed by atoms with Crippen LogP contribution in [0.3, 0.4) is 0 Å². The minimum Gasteiger partial charge on any atom is -0.459 e. The van der Waals surface area contributed by atoms with E-state index in [1.807, 2.05) is 30.3 Å². The quantitative estimate of drug-likeness (QED) is 0.592. The van der Waals surface area contributed by atoms with E-state index in [9.17, 15) is 18.0 Å². The molecule has 27 heavy (non-hydrogen) atoms. The van der Waals surface area contributed by atoms with E-state index in [0.29, 0.717) is 17.3 Å². The van der Waals surface area contributed by atoms with Crippen molar-refractivity contribution in [2.75, 3.05) is 0 Å². The van der Waals surface area contributed by atoms with Crippen LogP contribution in [0.25, 0.3) is 11.5 Å². The third-order valence-corrected chi connectivity index (χ3v) is 3.89. The molecule has 0 N–H and O–H groups in total. The predicted octanol–water partition coefficient (Wildman–Crippen LogP) is 4.95. The minimum absolute atomic E-state index is 0.111. The second kappa shape index (κ2) is 7.65. The molecule has 3 aromatic rings. The van der Waals surface area contributed by atoms with Gasteiger partial charge in [-0.1, -0.05) is 36.4 Å². The van der Waals surface area contributed by atoms with Crippen LogP contribution in [0.5, 0.6) is 0 Å². The first-order valence-electron chi connectivity index (χ1n) is 8.16. The molecule has 0 saturated carbocycles. The molecule has 140 valence electrons. The van der Waals surface area contributed by atoms with Gasteiger partial charge in [-0.15, -0.1) is 0 Å². The van der Waals surface area contributed by atoms with Crippen LogP contribution in [0.1, 0.15) is 22.6 Å². The fourth-order valence-electron chi connectivity index (χ4n) is 2.49. The first kappa shape index (κ1) is 18.7. The Balaban J connectivity index is 1.62. The zero-order chi connectivity index (χ0) is 19.4. The van der Waals surface area contributed by atoms with E-state index >= 15 is 0 Å². The van der Waals surface area contributed by atoms with Crippen LogP contribution in [0, 0.1) is 6.92 Å². The SMILES string of the molecule is Cc1oc(-c2ccccc2)nc1COC(=O)Cc1cccc(C(F)(F)F)c1. The highest BCUT2D eigenvalue weighted by Gasteiger charge is 2.30. The lowest BCUT2D eigenvalue weighted by Crippen LogP contribution is -2.10. The molecule has 0 amide bonds. The zero-order valence-corrected chi connectivity index (χ0v) is 14.4. The van der Waals surface area contributed by atoms with Crippen molar-refractivity contribution in [2.45, 2.75) is 26.1 Å². The highest BCUT2D eigenvalue weighted by atomic mass is 19.4. The molecule has 0 saturated heterocycles. The van der Waals surface area contributed by atoms with Crippen molar-refractivity contribution in [1.82, 2.24) is 4.98 Å². The number of nitrogens with zero attached hydrogens (tertiary/aromatic N) is 1. The second-order valence-electron chi connectivity index (χ2n) is 5.92. The van der Waals surface area contributed by atoms with Gasteiger partial charge in [0.05, 0.1) is 12.0 Å². The first-order valence-corrected chi connectivity index (χ1v) is 8.16. The molecule has 1 heterocycles. The van der Waals surface area contributed by atoms with Crippen molar-refractivity contribution < 1.29 is 27.1 Å². The van der Waals surface area contributed by atoms with Crippen molar-refractivity contribution in [3.05, 3.63) is 77.2 Å². The van der Waals surface area contributed by atoms with E-state index < -0.39 is 17.7 Å². The number of oxazole rings is 1. The van der Waals surface area contributed by atoms with Crippen LogP contribution in [0.4, 0.5) is 13.2 Å². The molecule has 3 rings (SSSR count). The molecule has 0 unspecified atom stereocenters. The summed E-state index contributed by atoms with van der Waals surface area (Å²) in [5.41, 5.74) is 0.692. The Morgan fingerprint density at radius 2 is 1.85 bits per heavy atom. The summed E-state index contributed by atoms with van der Waals surface area (Å²) in [6, 6.07) is 13.9. The monoisotopic (exact) mass is 375 g/mol. The van der Waals surface area contributed by atoms with E-state index in [1.54, 1.807) is 6.92 Å². The number of esters is 1. The van der Waals surface area contributed by atoms with Gasteiger partial charge in [0.2, 0.25) is 5.89 Å². The van der Waals surface area contributed by atoms with Crippen molar-refractivity contribution in [3.8, 4) is 11.5 Å². The average molecular weight is 375 g/mol. The number of hydrogen-bond acceptors (Lipinski definition) is 4. The Morgan fingerprint density at radius 3 is 2.56 bits per heavy atom. The van der Waals surface area contributed by atoms with Crippen LogP contribution in [0.15, 0.2) is 59.0 Å². The van der Waals surface area contributed by atoms with Crippen molar-refractivity contribution in [1.29, 1.82) is 0 Å². The lowest BCUT2D eigenvalue weighted by molar-refractivity contribution is -0.144. The average Bonchev–Trinajstić information content (AvgIpc) is 3.01. The number of halogens is 3. The summed E-state index contributed by atoms with van der Waals surface area (Å²) in [7, 11) is 0. The second-order valence-corrected chi connectivity index (χ2v) is 5.92.